The van der Waals surface area contributed by atoms with Crippen LogP contribution in [0.2, 0.25) is 0 Å². The summed E-state index contributed by atoms with van der Waals surface area (Å²) in [6.45, 7) is 6.98. The standard InChI is InChI=1S/C21H28N4O3/c1-3-22-20(27)15-23-10-12-24(13-11-23)21(28)14-19-18-7-5-4-6-17(18)8-9-25(19)16(2)26/h4-9,19H,3,10-15H2,1-2H3,(H,22,27). The summed E-state index contributed by atoms with van der Waals surface area (Å²) in [4.78, 5) is 42.3. The minimum atomic E-state index is -0.278. The molecule has 3 amide bonds. The molecule has 0 aromatic heterocycles. The molecule has 28 heavy (non-hydrogen) atoms. The summed E-state index contributed by atoms with van der Waals surface area (Å²) in [6.07, 6.45) is 3.95. The average molecular weight is 384 g/mol. The fourth-order valence-corrected chi connectivity index (χ4v) is 3.82. The summed E-state index contributed by atoms with van der Waals surface area (Å²) in [5.74, 6) is -0.0145. The van der Waals surface area contributed by atoms with E-state index in [0.717, 1.165) is 11.1 Å². The minimum absolute atomic E-state index is 0.0185. The van der Waals surface area contributed by atoms with Gasteiger partial charge in [0, 0.05) is 45.8 Å². The van der Waals surface area contributed by atoms with Gasteiger partial charge in [0.05, 0.1) is 19.0 Å². The summed E-state index contributed by atoms with van der Waals surface area (Å²) in [7, 11) is 0. The third kappa shape index (κ3) is 4.59. The van der Waals surface area contributed by atoms with E-state index in [9.17, 15) is 14.4 Å². The Bertz CT molecular complexity index is 769. The fraction of sp³-hybridized carbons (Fsp3) is 0.476. The molecule has 0 radical (unpaired) electrons. The number of piperazine rings is 1. The van der Waals surface area contributed by atoms with E-state index >= 15 is 0 Å². The molecule has 150 valence electrons. The van der Waals surface area contributed by atoms with Gasteiger partial charge in [0.1, 0.15) is 0 Å². The van der Waals surface area contributed by atoms with Crippen molar-refractivity contribution in [2.24, 2.45) is 0 Å². The Morgan fingerprint density at radius 2 is 1.82 bits per heavy atom. The number of benzene rings is 1. The van der Waals surface area contributed by atoms with Crippen molar-refractivity contribution in [3.8, 4) is 0 Å². The fourth-order valence-electron chi connectivity index (χ4n) is 3.82. The molecule has 1 atom stereocenters. The number of likely N-dealkylation sites (N-methyl/N-ethyl adjacent to an activating group) is 1. The molecule has 1 N–H and O–H groups in total. The number of rotatable bonds is 5. The Kier molecular flexibility index (Phi) is 6.46. The van der Waals surface area contributed by atoms with Crippen LogP contribution in [0.15, 0.2) is 30.5 Å². The number of carbonyl (C=O) groups excluding carboxylic acids is 3. The highest BCUT2D eigenvalue weighted by atomic mass is 16.2. The molecular weight excluding hydrogens is 356 g/mol. The van der Waals surface area contributed by atoms with Gasteiger partial charge in [0.25, 0.3) is 0 Å². The van der Waals surface area contributed by atoms with Gasteiger partial charge in [-0.15, -0.1) is 0 Å². The van der Waals surface area contributed by atoms with Crippen molar-refractivity contribution < 1.29 is 14.4 Å². The van der Waals surface area contributed by atoms with Crippen LogP contribution in [-0.4, -0.2) is 71.7 Å². The molecule has 0 aliphatic carbocycles. The first-order valence-electron chi connectivity index (χ1n) is 9.82. The molecule has 1 aromatic carbocycles. The van der Waals surface area contributed by atoms with Crippen LogP contribution >= 0.6 is 0 Å². The quantitative estimate of drug-likeness (QED) is 0.829. The summed E-state index contributed by atoms with van der Waals surface area (Å²) < 4.78 is 0. The van der Waals surface area contributed by atoms with Gasteiger partial charge in [-0.3, -0.25) is 19.3 Å². The molecule has 0 bridgehead atoms. The SMILES string of the molecule is CCNC(=O)CN1CCN(C(=O)CC2c3ccccc3C=CN2C(C)=O)CC1. The summed E-state index contributed by atoms with van der Waals surface area (Å²) in [5.41, 5.74) is 2.05. The van der Waals surface area contributed by atoms with Crippen molar-refractivity contribution >= 4 is 23.8 Å². The van der Waals surface area contributed by atoms with Crippen molar-refractivity contribution in [1.82, 2.24) is 20.0 Å². The second-order valence-electron chi connectivity index (χ2n) is 7.20. The molecule has 0 spiro atoms. The lowest BCUT2D eigenvalue weighted by atomic mass is 9.93. The maximum absolute atomic E-state index is 12.9. The van der Waals surface area contributed by atoms with Crippen molar-refractivity contribution in [2.45, 2.75) is 26.3 Å². The average Bonchev–Trinajstić information content (AvgIpc) is 2.68. The van der Waals surface area contributed by atoms with Gasteiger partial charge in [-0.2, -0.15) is 0 Å². The van der Waals surface area contributed by atoms with Gasteiger partial charge in [0.15, 0.2) is 0 Å². The van der Waals surface area contributed by atoms with E-state index < -0.39 is 0 Å². The highest BCUT2D eigenvalue weighted by Gasteiger charge is 2.31. The Balaban J connectivity index is 1.62. The normalized spacial score (nSPS) is 19.3. The zero-order chi connectivity index (χ0) is 20.1. The molecule has 2 aliphatic heterocycles. The van der Waals surface area contributed by atoms with E-state index in [0.29, 0.717) is 39.3 Å². The maximum atomic E-state index is 12.9. The van der Waals surface area contributed by atoms with Crippen LogP contribution in [0.25, 0.3) is 6.08 Å². The smallest absolute Gasteiger partial charge is 0.234 e. The number of hydrogen-bond acceptors (Lipinski definition) is 4. The molecule has 1 unspecified atom stereocenters. The summed E-state index contributed by atoms with van der Waals surface area (Å²) >= 11 is 0. The molecule has 2 aliphatic rings. The molecule has 1 saturated heterocycles. The van der Waals surface area contributed by atoms with Crippen LogP contribution in [0.1, 0.15) is 37.4 Å². The van der Waals surface area contributed by atoms with E-state index in [4.69, 9.17) is 0 Å². The first kappa shape index (κ1) is 20.1. The Labute approximate surface area is 166 Å². The van der Waals surface area contributed by atoms with Crippen molar-refractivity contribution in [3.05, 3.63) is 41.6 Å². The van der Waals surface area contributed by atoms with Gasteiger partial charge in [-0.1, -0.05) is 24.3 Å². The predicted molar refractivity (Wildman–Crippen MR) is 107 cm³/mol. The Morgan fingerprint density at radius 3 is 2.50 bits per heavy atom. The Hall–Kier alpha value is -2.67. The topological polar surface area (TPSA) is 73.0 Å². The van der Waals surface area contributed by atoms with Gasteiger partial charge in [-0.05, 0) is 24.1 Å². The van der Waals surface area contributed by atoms with Crippen molar-refractivity contribution in [1.29, 1.82) is 0 Å². The minimum Gasteiger partial charge on any atom is -0.355 e. The first-order chi connectivity index (χ1) is 13.5. The maximum Gasteiger partial charge on any atom is 0.234 e. The third-order valence-corrected chi connectivity index (χ3v) is 5.30. The Morgan fingerprint density at radius 1 is 1.11 bits per heavy atom. The number of nitrogens with zero attached hydrogens (tertiary/aromatic N) is 3. The zero-order valence-corrected chi connectivity index (χ0v) is 16.6. The molecule has 1 aromatic rings. The third-order valence-electron chi connectivity index (χ3n) is 5.30. The summed E-state index contributed by atoms with van der Waals surface area (Å²) in [6, 6.07) is 7.60. The monoisotopic (exact) mass is 384 g/mol. The highest BCUT2D eigenvalue weighted by molar-refractivity contribution is 5.82. The lowest BCUT2D eigenvalue weighted by Crippen LogP contribution is -2.51. The van der Waals surface area contributed by atoms with Crippen LogP contribution in [0.5, 0.6) is 0 Å². The first-order valence-corrected chi connectivity index (χ1v) is 9.82. The molecule has 1 fully saturated rings. The number of hydrogen-bond donors (Lipinski definition) is 1. The largest absolute Gasteiger partial charge is 0.355 e. The zero-order valence-electron chi connectivity index (χ0n) is 16.6. The molecule has 7 nitrogen and oxygen atoms in total. The number of nitrogens with one attached hydrogen (secondary N) is 1. The van der Waals surface area contributed by atoms with Crippen molar-refractivity contribution in [3.63, 3.8) is 0 Å². The molecule has 3 rings (SSSR count). The molecule has 2 heterocycles. The molecule has 7 heteroatoms. The second kappa shape index (κ2) is 9.01. The number of amides is 3. The van der Waals surface area contributed by atoms with Gasteiger partial charge in [-0.25, -0.2) is 0 Å². The number of fused-ring (bicyclic) bond motifs is 1. The van der Waals surface area contributed by atoms with E-state index in [1.165, 1.54) is 6.92 Å². The van der Waals surface area contributed by atoms with Gasteiger partial charge in [0.2, 0.25) is 17.7 Å². The van der Waals surface area contributed by atoms with Crippen molar-refractivity contribution in [2.75, 3.05) is 39.3 Å². The van der Waals surface area contributed by atoms with Gasteiger partial charge < -0.3 is 15.1 Å². The predicted octanol–water partition coefficient (Wildman–Crippen LogP) is 1.23. The molecule has 0 saturated carbocycles. The lowest BCUT2D eigenvalue weighted by molar-refractivity contribution is -0.136. The van der Waals surface area contributed by atoms with Crippen LogP contribution in [0.4, 0.5) is 0 Å². The van der Waals surface area contributed by atoms with E-state index in [1.54, 1.807) is 11.1 Å². The highest BCUT2D eigenvalue weighted by Crippen LogP contribution is 2.33. The summed E-state index contributed by atoms with van der Waals surface area (Å²) in [5, 5.41) is 2.80. The van der Waals surface area contributed by atoms with E-state index in [-0.39, 0.29) is 30.2 Å². The lowest BCUT2D eigenvalue weighted by Gasteiger charge is -2.37. The van der Waals surface area contributed by atoms with Crippen LogP contribution in [-0.2, 0) is 14.4 Å². The van der Waals surface area contributed by atoms with Gasteiger partial charge >= 0.3 is 0 Å². The van der Waals surface area contributed by atoms with E-state index in [2.05, 4.69) is 10.2 Å². The van der Waals surface area contributed by atoms with E-state index in [1.807, 2.05) is 42.2 Å². The second-order valence-corrected chi connectivity index (χ2v) is 7.20. The van der Waals surface area contributed by atoms with Crippen LogP contribution < -0.4 is 5.32 Å². The molecular formula is C21H28N4O3. The van der Waals surface area contributed by atoms with Crippen LogP contribution in [0.3, 0.4) is 0 Å². The number of carbonyl (C=O) groups is 3. The van der Waals surface area contributed by atoms with Crippen LogP contribution in [0, 0.1) is 0 Å².